The first-order valence-corrected chi connectivity index (χ1v) is 12.9. The molecule has 2 aliphatic rings. The third-order valence-electron chi connectivity index (χ3n) is 6.47. The second-order valence-electron chi connectivity index (χ2n) is 9.32. The first-order chi connectivity index (χ1) is 18.2. The lowest BCUT2D eigenvalue weighted by atomic mass is 10.0. The van der Waals surface area contributed by atoms with Gasteiger partial charge >= 0.3 is 6.16 Å². The van der Waals surface area contributed by atoms with Crippen LogP contribution in [0.3, 0.4) is 0 Å². The second-order valence-corrected chi connectivity index (χ2v) is 9.73. The van der Waals surface area contributed by atoms with Gasteiger partial charge in [-0.05, 0) is 78.8 Å². The summed E-state index contributed by atoms with van der Waals surface area (Å²) in [5, 5.41) is 17.5. The molecule has 0 radical (unpaired) electrons. The highest BCUT2D eigenvalue weighted by molar-refractivity contribution is 6.34. The van der Waals surface area contributed by atoms with Gasteiger partial charge in [0.05, 0.1) is 22.9 Å². The van der Waals surface area contributed by atoms with Crippen LogP contribution in [0, 0.1) is 0 Å². The van der Waals surface area contributed by atoms with E-state index in [2.05, 4.69) is 23.3 Å². The molecule has 5 rings (SSSR count). The molecule has 3 aromatic carbocycles. The summed E-state index contributed by atoms with van der Waals surface area (Å²) in [6, 6.07) is 19.5. The third kappa shape index (κ3) is 6.89. The zero-order valence-electron chi connectivity index (χ0n) is 21.3. The summed E-state index contributed by atoms with van der Waals surface area (Å²) in [4.78, 5) is 23.8. The van der Waals surface area contributed by atoms with Crippen LogP contribution in [-0.2, 0) is 6.42 Å². The quantitative estimate of drug-likeness (QED) is 0.314. The summed E-state index contributed by atoms with van der Waals surface area (Å²) in [5.74, 6) is 2.03. The molecular formula is C29H31ClN2O6. The van der Waals surface area contributed by atoms with Gasteiger partial charge in [-0.1, -0.05) is 36.7 Å². The van der Waals surface area contributed by atoms with Crippen LogP contribution in [0.4, 0.5) is 16.2 Å². The summed E-state index contributed by atoms with van der Waals surface area (Å²) < 4.78 is 12.2. The average molecular weight is 539 g/mol. The predicted molar refractivity (Wildman–Crippen MR) is 147 cm³/mol. The molecule has 8 nitrogen and oxygen atoms in total. The summed E-state index contributed by atoms with van der Waals surface area (Å²) in [5.41, 5.74) is 4.54. The molecule has 0 saturated heterocycles. The number of nitrogens with one attached hydrogen (secondary N) is 1. The molecule has 0 unspecified atom stereocenters. The molecule has 1 fully saturated rings. The van der Waals surface area contributed by atoms with Crippen molar-refractivity contribution >= 4 is 35.0 Å². The number of para-hydroxylation sites is 2. The van der Waals surface area contributed by atoms with E-state index in [-0.39, 0.29) is 12.0 Å². The Kier molecular flexibility index (Phi) is 8.63. The maximum Gasteiger partial charge on any atom is 0.503 e. The molecule has 1 amide bonds. The van der Waals surface area contributed by atoms with Crippen LogP contribution >= 0.6 is 11.6 Å². The van der Waals surface area contributed by atoms with E-state index in [1.54, 1.807) is 0 Å². The predicted octanol–water partition coefficient (Wildman–Crippen LogP) is 6.53. The van der Waals surface area contributed by atoms with Crippen LogP contribution in [-0.4, -0.2) is 48.6 Å². The van der Waals surface area contributed by atoms with E-state index in [1.165, 1.54) is 18.4 Å². The fraction of sp³-hybridized carbons (Fsp3) is 0.310. The van der Waals surface area contributed by atoms with Crippen LogP contribution in [0.1, 0.15) is 47.2 Å². The fourth-order valence-corrected chi connectivity index (χ4v) is 4.61. The van der Waals surface area contributed by atoms with Gasteiger partial charge < -0.3 is 29.9 Å². The van der Waals surface area contributed by atoms with Crippen molar-refractivity contribution in [1.29, 1.82) is 0 Å². The Morgan fingerprint density at radius 3 is 2.55 bits per heavy atom. The molecule has 9 heteroatoms. The van der Waals surface area contributed by atoms with Crippen molar-refractivity contribution in [3.63, 3.8) is 0 Å². The van der Waals surface area contributed by atoms with Gasteiger partial charge in [0.2, 0.25) is 0 Å². The van der Waals surface area contributed by atoms with Crippen molar-refractivity contribution in [2.75, 3.05) is 30.4 Å². The van der Waals surface area contributed by atoms with Gasteiger partial charge in [0.15, 0.2) is 0 Å². The standard InChI is InChI=1S/C28H29ClN2O3.CH2O3/c1-3-18-14-21(33-17-22-16-31(2)26-6-4-5-7-27(26)34-22)11-12-23(18)28(32)30-25-15-20(19-8-9-19)10-13-24(25)29;2-1(3)4/h4-7,10-15,19,22H,3,8-9,16-17H2,1-2H3,(H,30,32);(H2,2,3,4)/t22-;/m0./s1. The topological polar surface area (TPSA) is 108 Å². The molecule has 1 heterocycles. The molecule has 0 spiro atoms. The van der Waals surface area contributed by atoms with Crippen molar-refractivity contribution in [2.45, 2.75) is 38.2 Å². The third-order valence-corrected chi connectivity index (χ3v) is 6.80. The van der Waals surface area contributed by atoms with E-state index in [9.17, 15) is 4.79 Å². The van der Waals surface area contributed by atoms with E-state index in [4.69, 9.17) is 36.1 Å². The number of hydrogen-bond acceptors (Lipinski definition) is 5. The minimum Gasteiger partial charge on any atom is -0.490 e. The fourth-order valence-electron chi connectivity index (χ4n) is 4.44. The zero-order chi connectivity index (χ0) is 27.2. The van der Waals surface area contributed by atoms with Gasteiger partial charge in [0.25, 0.3) is 5.91 Å². The Morgan fingerprint density at radius 1 is 1.11 bits per heavy atom. The highest BCUT2D eigenvalue weighted by Gasteiger charge is 2.25. The van der Waals surface area contributed by atoms with Crippen molar-refractivity contribution in [3.8, 4) is 11.5 Å². The van der Waals surface area contributed by atoms with Crippen LogP contribution in [0.25, 0.3) is 0 Å². The highest BCUT2D eigenvalue weighted by atomic mass is 35.5. The molecule has 3 N–H and O–H groups in total. The number of ether oxygens (including phenoxy) is 2. The first kappa shape index (κ1) is 27.1. The number of anilines is 2. The SMILES string of the molecule is CCc1cc(OC[C@@H]2CN(C)c3ccccc3O2)ccc1C(=O)Nc1cc(C2CC2)ccc1Cl.O=C(O)O. The molecule has 0 aromatic heterocycles. The average Bonchev–Trinajstić information content (AvgIpc) is 3.74. The van der Waals surface area contributed by atoms with Crippen LogP contribution in [0.5, 0.6) is 11.5 Å². The van der Waals surface area contributed by atoms with Gasteiger partial charge in [0, 0.05) is 12.6 Å². The number of rotatable bonds is 7. The number of benzene rings is 3. The molecule has 200 valence electrons. The van der Waals surface area contributed by atoms with Crippen LogP contribution < -0.4 is 19.7 Å². The normalized spacial score (nSPS) is 15.9. The van der Waals surface area contributed by atoms with E-state index < -0.39 is 6.16 Å². The van der Waals surface area contributed by atoms with Crippen molar-refractivity contribution in [2.24, 2.45) is 0 Å². The Hall–Kier alpha value is -3.91. The number of amides is 1. The number of halogens is 1. The maximum atomic E-state index is 13.1. The molecule has 1 atom stereocenters. The van der Waals surface area contributed by atoms with Crippen LogP contribution in [0.15, 0.2) is 60.7 Å². The smallest absolute Gasteiger partial charge is 0.490 e. The second kappa shape index (κ2) is 12.1. The molecular weight excluding hydrogens is 508 g/mol. The van der Waals surface area contributed by atoms with Gasteiger partial charge in [-0.2, -0.15) is 0 Å². The van der Waals surface area contributed by atoms with Crippen molar-refractivity contribution < 1.29 is 29.3 Å². The van der Waals surface area contributed by atoms with Crippen molar-refractivity contribution in [1.82, 2.24) is 0 Å². The molecule has 1 aliphatic carbocycles. The number of aryl methyl sites for hydroxylation is 1. The summed E-state index contributed by atoms with van der Waals surface area (Å²) in [7, 11) is 2.06. The number of likely N-dealkylation sites (N-methyl/N-ethyl adjacent to an activating group) is 1. The van der Waals surface area contributed by atoms with E-state index in [0.29, 0.717) is 35.2 Å². The van der Waals surface area contributed by atoms with Gasteiger partial charge in [-0.25, -0.2) is 4.79 Å². The molecule has 38 heavy (non-hydrogen) atoms. The highest BCUT2D eigenvalue weighted by Crippen LogP contribution is 2.42. The molecule has 1 aliphatic heterocycles. The molecule has 1 saturated carbocycles. The van der Waals surface area contributed by atoms with E-state index in [1.807, 2.05) is 61.5 Å². The van der Waals surface area contributed by atoms with Gasteiger partial charge in [-0.15, -0.1) is 0 Å². The Bertz CT molecular complexity index is 1310. The minimum absolute atomic E-state index is 0.0752. The lowest BCUT2D eigenvalue weighted by molar-refractivity contribution is 0.102. The number of carbonyl (C=O) groups excluding carboxylic acids is 1. The lowest BCUT2D eigenvalue weighted by Crippen LogP contribution is -2.41. The minimum atomic E-state index is -1.83. The summed E-state index contributed by atoms with van der Waals surface area (Å²) >= 11 is 6.36. The Balaban J connectivity index is 0.000000786. The molecule has 3 aromatic rings. The maximum absolute atomic E-state index is 13.1. The number of nitrogens with zero attached hydrogens (tertiary/aromatic N) is 1. The zero-order valence-corrected chi connectivity index (χ0v) is 22.1. The van der Waals surface area contributed by atoms with Crippen molar-refractivity contribution in [3.05, 3.63) is 82.4 Å². The van der Waals surface area contributed by atoms with Crippen LogP contribution in [0.2, 0.25) is 5.02 Å². The number of fused-ring (bicyclic) bond motifs is 1. The van der Waals surface area contributed by atoms with E-state index in [0.717, 1.165) is 29.3 Å². The monoisotopic (exact) mass is 538 g/mol. The number of hydrogen-bond donors (Lipinski definition) is 3. The number of carbonyl (C=O) groups is 2. The number of carboxylic acid groups (broad SMARTS) is 2. The lowest BCUT2D eigenvalue weighted by Gasteiger charge is -2.33. The van der Waals surface area contributed by atoms with Gasteiger partial charge in [-0.3, -0.25) is 4.79 Å². The largest absolute Gasteiger partial charge is 0.503 e. The first-order valence-electron chi connectivity index (χ1n) is 12.5. The Morgan fingerprint density at radius 2 is 1.84 bits per heavy atom. The Labute approximate surface area is 226 Å². The summed E-state index contributed by atoms with van der Waals surface area (Å²) in [6.45, 7) is 3.21. The molecule has 0 bridgehead atoms. The van der Waals surface area contributed by atoms with E-state index >= 15 is 0 Å². The summed E-state index contributed by atoms with van der Waals surface area (Å²) in [6.07, 6.45) is 1.20. The van der Waals surface area contributed by atoms with Gasteiger partial charge in [0.1, 0.15) is 24.2 Å².